The fraction of sp³-hybridized carbons (Fsp3) is 0.533. The largest absolute Gasteiger partial charge is 0.416 e. The van der Waals surface area contributed by atoms with Gasteiger partial charge >= 0.3 is 6.18 Å². The van der Waals surface area contributed by atoms with Crippen LogP contribution in [0.1, 0.15) is 44.4 Å². The van der Waals surface area contributed by atoms with E-state index in [1.807, 2.05) is 6.92 Å². The van der Waals surface area contributed by atoms with Crippen molar-refractivity contribution < 1.29 is 18.0 Å². The Morgan fingerprint density at radius 3 is 2.52 bits per heavy atom. The van der Waals surface area contributed by atoms with Gasteiger partial charge in [0.15, 0.2) is 0 Å². The molecule has 1 aromatic rings. The molecule has 1 amide bonds. The topological polar surface area (TPSA) is 41.1 Å². The van der Waals surface area contributed by atoms with Crippen LogP contribution in [0.25, 0.3) is 0 Å². The van der Waals surface area contributed by atoms with Crippen LogP contribution in [0.3, 0.4) is 0 Å². The van der Waals surface area contributed by atoms with Gasteiger partial charge in [-0.2, -0.15) is 13.2 Å². The molecule has 1 rings (SSSR count). The van der Waals surface area contributed by atoms with Crippen molar-refractivity contribution in [3.63, 3.8) is 0 Å². The first kappa shape index (κ1) is 17.5. The number of hydrogen-bond donors (Lipinski definition) is 2. The van der Waals surface area contributed by atoms with Gasteiger partial charge in [-0.3, -0.25) is 10.1 Å². The van der Waals surface area contributed by atoms with Crippen LogP contribution in [0, 0.1) is 0 Å². The van der Waals surface area contributed by atoms with E-state index in [2.05, 4.69) is 10.6 Å². The van der Waals surface area contributed by atoms with Gasteiger partial charge in [0.05, 0.1) is 11.6 Å². The van der Waals surface area contributed by atoms with Crippen LogP contribution in [0.4, 0.5) is 13.2 Å². The molecule has 0 aliphatic rings. The van der Waals surface area contributed by atoms with Crippen LogP contribution in [-0.4, -0.2) is 18.5 Å². The molecule has 0 saturated heterocycles. The molecule has 0 fully saturated rings. The minimum atomic E-state index is -4.36. The molecular weight excluding hydrogens is 281 g/mol. The molecule has 0 aromatic heterocycles. The number of benzene rings is 1. The third-order valence-electron chi connectivity index (χ3n) is 3.16. The fourth-order valence-corrected chi connectivity index (χ4v) is 1.93. The minimum Gasteiger partial charge on any atom is -0.355 e. The Balaban J connectivity index is 2.71. The van der Waals surface area contributed by atoms with Crippen LogP contribution < -0.4 is 10.6 Å². The summed E-state index contributed by atoms with van der Waals surface area (Å²) in [5, 5.41) is 5.75. The zero-order chi connectivity index (χ0) is 16.0. The summed E-state index contributed by atoms with van der Waals surface area (Å²) in [4.78, 5) is 11.7. The van der Waals surface area contributed by atoms with Crippen molar-refractivity contribution in [1.29, 1.82) is 0 Å². The first-order valence-corrected chi connectivity index (χ1v) is 6.96. The summed E-state index contributed by atoms with van der Waals surface area (Å²) in [7, 11) is 0. The highest BCUT2D eigenvalue weighted by atomic mass is 19.4. The lowest BCUT2D eigenvalue weighted by Gasteiger charge is -2.20. The Bertz CT molecular complexity index is 474. The molecule has 3 nitrogen and oxygen atoms in total. The standard InChI is InChI=1S/C15H21F3N2O/c1-4-8-19-14(21)11(3)20-10(2)12-6-5-7-13(9-12)15(16,17)18/h5-7,9-11,20H,4,8H2,1-3H3,(H,19,21). The van der Waals surface area contributed by atoms with Crippen molar-refractivity contribution in [3.05, 3.63) is 35.4 Å². The summed E-state index contributed by atoms with van der Waals surface area (Å²) in [6.07, 6.45) is -3.53. The highest BCUT2D eigenvalue weighted by molar-refractivity contribution is 5.81. The molecule has 1 aromatic carbocycles. The van der Waals surface area contributed by atoms with Crippen LogP contribution in [0.5, 0.6) is 0 Å². The summed E-state index contributed by atoms with van der Waals surface area (Å²) in [5.41, 5.74) is -0.184. The van der Waals surface area contributed by atoms with Gasteiger partial charge in [-0.1, -0.05) is 19.1 Å². The van der Waals surface area contributed by atoms with Gasteiger partial charge in [-0.15, -0.1) is 0 Å². The van der Waals surface area contributed by atoms with E-state index in [1.54, 1.807) is 19.9 Å². The lowest BCUT2D eigenvalue weighted by molar-refractivity contribution is -0.137. The number of carbonyl (C=O) groups is 1. The summed E-state index contributed by atoms with van der Waals surface area (Å²) >= 11 is 0. The van der Waals surface area contributed by atoms with Crippen molar-refractivity contribution >= 4 is 5.91 Å². The lowest BCUT2D eigenvalue weighted by Crippen LogP contribution is -2.43. The maximum absolute atomic E-state index is 12.7. The number of hydrogen-bond acceptors (Lipinski definition) is 2. The van der Waals surface area contributed by atoms with Crippen molar-refractivity contribution in [1.82, 2.24) is 10.6 Å². The van der Waals surface area contributed by atoms with Gasteiger partial charge in [0, 0.05) is 12.6 Å². The van der Waals surface area contributed by atoms with E-state index >= 15 is 0 Å². The number of carbonyl (C=O) groups excluding carboxylic acids is 1. The van der Waals surface area contributed by atoms with Crippen molar-refractivity contribution in [2.45, 2.75) is 45.5 Å². The van der Waals surface area contributed by atoms with E-state index < -0.39 is 17.8 Å². The molecule has 2 N–H and O–H groups in total. The Morgan fingerprint density at radius 2 is 1.95 bits per heavy atom. The molecular formula is C15H21F3N2O. The zero-order valence-corrected chi connectivity index (χ0v) is 12.4. The molecule has 0 heterocycles. The van der Waals surface area contributed by atoms with E-state index in [0.29, 0.717) is 12.1 Å². The molecule has 0 saturated carbocycles. The smallest absolute Gasteiger partial charge is 0.355 e. The van der Waals surface area contributed by atoms with Crippen molar-refractivity contribution in [3.8, 4) is 0 Å². The number of rotatable bonds is 6. The normalized spacial score (nSPS) is 14.6. The van der Waals surface area contributed by atoms with Crippen LogP contribution in [0.2, 0.25) is 0 Å². The zero-order valence-electron chi connectivity index (χ0n) is 12.4. The molecule has 21 heavy (non-hydrogen) atoms. The molecule has 118 valence electrons. The van der Waals surface area contributed by atoms with Crippen LogP contribution in [-0.2, 0) is 11.0 Å². The highest BCUT2D eigenvalue weighted by Crippen LogP contribution is 2.30. The number of alkyl halides is 3. The molecule has 2 unspecified atom stereocenters. The molecule has 0 spiro atoms. The third-order valence-corrected chi connectivity index (χ3v) is 3.16. The molecule has 6 heteroatoms. The predicted octanol–water partition coefficient (Wildman–Crippen LogP) is 3.27. The van der Waals surface area contributed by atoms with Crippen molar-refractivity contribution in [2.75, 3.05) is 6.54 Å². The Morgan fingerprint density at radius 1 is 1.29 bits per heavy atom. The average molecular weight is 302 g/mol. The first-order valence-electron chi connectivity index (χ1n) is 6.96. The van der Waals surface area contributed by atoms with Gasteiger partial charge in [0.25, 0.3) is 0 Å². The minimum absolute atomic E-state index is 0.157. The lowest BCUT2D eigenvalue weighted by atomic mass is 10.0. The summed E-state index contributed by atoms with van der Waals surface area (Å²) < 4.78 is 38.0. The first-order chi connectivity index (χ1) is 9.75. The monoisotopic (exact) mass is 302 g/mol. The van der Waals surface area contributed by atoms with E-state index in [-0.39, 0.29) is 11.9 Å². The number of amides is 1. The maximum atomic E-state index is 12.7. The summed E-state index contributed by atoms with van der Waals surface area (Å²) in [6.45, 7) is 5.96. The second-order valence-electron chi connectivity index (χ2n) is 5.02. The molecule has 0 aliphatic heterocycles. The molecule has 0 radical (unpaired) electrons. The SMILES string of the molecule is CCCNC(=O)C(C)NC(C)c1cccc(C(F)(F)F)c1. The van der Waals surface area contributed by atoms with Gasteiger partial charge in [0.2, 0.25) is 5.91 Å². The van der Waals surface area contributed by atoms with E-state index in [4.69, 9.17) is 0 Å². The van der Waals surface area contributed by atoms with E-state index in [0.717, 1.165) is 18.6 Å². The van der Waals surface area contributed by atoms with Crippen LogP contribution in [0.15, 0.2) is 24.3 Å². The summed E-state index contributed by atoms with van der Waals surface area (Å²) in [6, 6.07) is 4.31. The van der Waals surface area contributed by atoms with Crippen molar-refractivity contribution in [2.24, 2.45) is 0 Å². The quantitative estimate of drug-likeness (QED) is 0.847. The maximum Gasteiger partial charge on any atom is 0.416 e. The Hall–Kier alpha value is -1.56. The second kappa shape index (κ2) is 7.45. The Labute approximate surface area is 122 Å². The van der Waals surface area contributed by atoms with E-state index in [9.17, 15) is 18.0 Å². The fourth-order valence-electron chi connectivity index (χ4n) is 1.93. The average Bonchev–Trinajstić information content (AvgIpc) is 2.43. The third kappa shape index (κ3) is 5.38. The van der Waals surface area contributed by atoms with E-state index in [1.165, 1.54) is 6.07 Å². The predicted molar refractivity (Wildman–Crippen MR) is 75.8 cm³/mol. The number of nitrogens with one attached hydrogen (secondary N) is 2. The van der Waals surface area contributed by atoms with Gasteiger partial charge in [-0.05, 0) is 38.0 Å². The molecule has 0 bridgehead atoms. The summed E-state index contributed by atoms with van der Waals surface area (Å²) in [5.74, 6) is -0.157. The van der Waals surface area contributed by atoms with Gasteiger partial charge < -0.3 is 5.32 Å². The van der Waals surface area contributed by atoms with Crippen LogP contribution >= 0.6 is 0 Å². The number of halogens is 3. The second-order valence-corrected chi connectivity index (χ2v) is 5.02. The molecule has 0 aliphatic carbocycles. The Kier molecular flexibility index (Phi) is 6.20. The highest BCUT2D eigenvalue weighted by Gasteiger charge is 2.30. The van der Waals surface area contributed by atoms with Gasteiger partial charge in [0.1, 0.15) is 0 Å². The van der Waals surface area contributed by atoms with Gasteiger partial charge in [-0.25, -0.2) is 0 Å². The molecule has 2 atom stereocenters.